The van der Waals surface area contributed by atoms with Gasteiger partial charge in [0.2, 0.25) is 0 Å². The molecule has 0 aromatic heterocycles. The van der Waals surface area contributed by atoms with Gasteiger partial charge in [-0.05, 0) is 144 Å². The van der Waals surface area contributed by atoms with Crippen LogP contribution >= 0.6 is 0 Å². The van der Waals surface area contributed by atoms with Crippen LogP contribution in [-0.4, -0.2) is 91.8 Å². The third-order valence-corrected chi connectivity index (χ3v) is 15.8. The number of benzene rings is 7. The summed E-state index contributed by atoms with van der Waals surface area (Å²) < 4.78 is 17.9. The molecule has 486 valence electrons. The van der Waals surface area contributed by atoms with Crippen LogP contribution in [0.3, 0.4) is 0 Å². The van der Waals surface area contributed by atoms with Crippen molar-refractivity contribution in [3.05, 3.63) is 244 Å². The number of carbonyl (C=O) groups is 3. The zero-order valence-electron chi connectivity index (χ0n) is 53.5. The van der Waals surface area contributed by atoms with Crippen LogP contribution in [0.2, 0.25) is 0 Å². The molecule has 0 heterocycles. The van der Waals surface area contributed by atoms with Gasteiger partial charge in [-0.15, -0.1) is 0 Å². The molecule has 0 radical (unpaired) electrons. The quantitative estimate of drug-likeness (QED) is 0.00874. The molecule has 0 aliphatic rings. The molecule has 18 nitrogen and oxygen atoms in total. The molecule has 0 fully saturated rings. The van der Waals surface area contributed by atoms with Crippen molar-refractivity contribution in [2.24, 2.45) is 0 Å². The molecule has 93 heavy (non-hydrogen) atoms. The van der Waals surface area contributed by atoms with E-state index < -0.39 is 32.7 Å². The summed E-state index contributed by atoms with van der Waals surface area (Å²) in [5, 5.41) is 33.4. The fourth-order valence-corrected chi connectivity index (χ4v) is 10.4. The lowest BCUT2D eigenvalue weighted by molar-refractivity contribution is -0.385. The second-order valence-electron chi connectivity index (χ2n) is 22.7. The molecule has 7 aromatic carbocycles. The molecule has 0 atom stereocenters. The van der Waals surface area contributed by atoms with Gasteiger partial charge >= 0.3 is 17.9 Å². The van der Waals surface area contributed by atoms with Gasteiger partial charge < -0.3 is 28.9 Å². The molecular weight excluding hydrogens is 1180 g/mol. The minimum Gasteiger partial charge on any atom is -0.460 e. The first-order valence-electron chi connectivity index (χ1n) is 32.2. The molecule has 0 bridgehead atoms. The molecule has 0 aliphatic carbocycles. The van der Waals surface area contributed by atoms with Crippen molar-refractivity contribution in [3.8, 4) is 0 Å². The standard InChI is InChI=1S/C75H84N6O12/c1-4-7-10-13-46-76(67-34-22-58(23-35-67)16-19-61-28-40-70(41-29-61)79(85)86)49-52-91-73(82)64-55-65(74(83)92-53-50-77(47-14-11-8-5-2)68-36-24-59(25-37-68)17-20-62-30-42-71(43-31-62)80(87)88)57-66(56-64)75(84)93-54-51-78(48-15-12-9-6-3)69-38-26-60(27-39-69)18-21-63-32-44-72(45-33-63)81(89)90/h16-45,55-57H,4-15,46-54H2,1-3H3/b19-16+,20-17+,21-18+. The first-order chi connectivity index (χ1) is 45.2. The van der Waals surface area contributed by atoms with E-state index in [9.17, 15) is 44.7 Å². The summed E-state index contributed by atoms with van der Waals surface area (Å²) in [5.74, 6) is -2.19. The minimum absolute atomic E-state index is 0.000842. The van der Waals surface area contributed by atoms with Crippen molar-refractivity contribution in [2.45, 2.75) is 97.8 Å². The van der Waals surface area contributed by atoms with Crippen LogP contribution in [0.1, 0.15) is 162 Å². The number of non-ortho nitro benzene ring substituents is 3. The van der Waals surface area contributed by atoms with Gasteiger partial charge in [0.25, 0.3) is 17.1 Å². The number of anilines is 3. The van der Waals surface area contributed by atoms with Gasteiger partial charge in [0.1, 0.15) is 19.8 Å². The van der Waals surface area contributed by atoms with Crippen LogP contribution in [0.5, 0.6) is 0 Å². The highest BCUT2D eigenvalue weighted by Crippen LogP contribution is 2.25. The van der Waals surface area contributed by atoms with E-state index in [2.05, 4.69) is 35.5 Å². The number of hydrogen-bond acceptors (Lipinski definition) is 15. The van der Waals surface area contributed by atoms with E-state index in [-0.39, 0.29) is 53.6 Å². The van der Waals surface area contributed by atoms with Crippen LogP contribution < -0.4 is 14.7 Å². The molecule has 7 rings (SSSR count). The lowest BCUT2D eigenvalue weighted by Crippen LogP contribution is -2.30. The second-order valence-corrected chi connectivity index (χ2v) is 22.7. The zero-order valence-corrected chi connectivity index (χ0v) is 53.5. The van der Waals surface area contributed by atoms with Crippen molar-refractivity contribution in [3.63, 3.8) is 0 Å². The van der Waals surface area contributed by atoms with E-state index in [1.807, 2.05) is 109 Å². The number of unbranched alkanes of at least 4 members (excludes halogenated alkanes) is 9. The van der Waals surface area contributed by atoms with Crippen LogP contribution in [0.4, 0.5) is 34.1 Å². The maximum atomic E-state index is 14.2. The van der Waals surface area contributed by atoms with Gasteiger partial charge in [0, 0.05) is 73.1 Å². The molecule has 0 aliphatic heterocycles. The Morgan fingerprint density at radius 3 is 0.742 bits per heavy atom. The second kappa shape index (κ2) is 37.8. The van der Waals surface area contributed by atoms with Crippen LogP contribution in [0.25, 0.3) is 36.5 Å². The number of ether oxygens (including phenoxy) is 3. The van der Waals surface area contributed by atoms with Crippen LogP contribution in [0, 0.1) is 30.3 Å². The summed E-state index contributed by atoms with van der Waals surface area (Å²) in [7, 11) is 0. The fourth-order valence-electron chi connectivity index (χ4n) is 10.4. The number of hydrogen-bond donors (Lipinski definition) is 0. The Labute approximate surface area is 545 Å². The maximum absolute atomic E-state index is 14.2. The van der Waals surface area contributed by atoms with Gasteiger partial charge in [-0.3, -0.25) is 30.3 Å². The summed E-state index contributed by atoms with van der Waals surface area (Å²) >= 11 is 0. The van der Waals surface area contributed by atoms with Crippen molar-refractivity contribution >= 4 is 88.5 Å². The van der Waals surface area contributed by atoms with E-state index in [1.54, 1.807) is 36.4 Å². The Morgan fingerprint density at radius 2 is 0.538 bits per heavy atom. The highest BCUT2D eigenvalue weighted by Gasteiger charge is 2.21. The molecule has 0 N–H and O–H groups in total. The Morgan fingerprint density at radius 1 is 0.323 bits per heavy atom. The third-order valence-electron chi connectivity index (χ3n) is 15.8. The van der Waals surface area contributed by atoms with E-state index in [0.29, 0.717) is 39.3 Å². The predicted octanol–water partition coefficient (Wildman–Crippen LogP) is 17.7. The number of nitro groups is 3. The zero-order chi connectivity index (χ0) is 66.2. The van der Waals surface area contributed by atoms with Gasteiger partial charge in [-0.25, -0.2) is 14.4 Å². The topological polar surface area (TPSA) is 218 Å². The van der Waals surface area contributed by atoms with Crippen LogP contribution in [0.15, 0.2) is 164 Å². The molecule has 0 amide bonds. The minimum atomic E-state index is -0.732. The summed E-state index contributed by atoms with van der Waals surface area (Å²) in [6.07, 6.45) is 23.8. The first kappa shape index (κ1) is 70.2. The summed E-state index contributed by atoms with van der Waals surface area (Å²) in [4.78, 5) is 81.2. The molecule has 0 spiro atoms. The SMILES string of the molecule is CCCCCCN(CCOC(=O)c1cc(C(=O)OCCN(CCCCCC)c2ccc(/C=C/c3ccc([N+](=O)[O-])cc3)cc2)cc(C(=O)OCCN(CCCCCC)c2ccc(/C=C/c3ccc([N+](=O)[O-])cc3)cc2)c1)c1ccc(/C=C/c2ccc([N+](=O)[O-])cc2)cc1. The largest absolute Gasteiger partial charge is 0.460 e. The average molecular weight is 1260 g/mol. The number of nitrogens with zero attached hydrogens (tertiary/aromatic N) is 6. The summed E-state index contributed by atoms with van der Waals surface area (Å²) in [6.45, 7) is 9.68. The summed E-state index contributed by atoms with van der Waals surface area (Å²) in [5.41, 5.74) is 8.08. The Balaban J connectivity index is 1.07. The molecule has 0 saturated heterocycles. The van der Waals surface area contributed by atoms with Crippen molar-refractivity contribution in [1.29, 1.82) is 0 Å². The third kappa shape index (κ3) is 23.5. The Hall–Kier alpha value is -10.2. The molecule has 7 aromatic rings. The monoisotopic (exact) mass is 1260 g/mol. The maximum Gasteiger partial charge on any atom is 0.338 e. The molecular formula is C75H84N6O12. The van der Waals surface area contributed by atoms with Crippen LogP contribution in [-0.2, 0) is 14.2 Å². The number of rotatable bonds is 39. The smallest absolute Gasteiger partial charge is 0.338 e. The molecule has 0 unspecified atom stereocenters. The van der Waals surface area contributed by atoms with Gasteiger partial charge in [0.15, 0.2) is 0 Å². The summed E-state index contributed by atoms with van der Waals surface area (Å²) in [6, 6.07) is 47.1. The van der Waals surface area contributed by atoms with Gasteiger partial charge in [0.05, 0.1) is 51.1 Å². The molecule has 0 saturated carbocycles. The number of carbonyl (C=O) groups excluding carboxylic acids is 3. The number of nitro benzene ring substituents is 3. The van der Waals surface area contributed by atoms with Crippen molar-refractivity contribution in [1.82, 2.24) is 0 Å². The lowest BCUT2D eigenvalue weighted by atomic mass is 10.1. The van der Waals surface area contributed by atoms with E-state index in [0.717, 1.165) is 127 Å². The first-order valence-corrected chi connectivity index (χ1v) is 32.2. The number of esters is 3. The highest BCUT2D eigenvalue weighted by molar-refractivity contribution is 6.00. The van der Waals surface area contributed by atoms with E-state index in [1.165, 1.54) is 54.6 Å². The van der Waals surface area contributed by atoms with Gasteiger partial charge in [-0.1, -0.05) is 151 Å². The normalized spacial score (nSPS) is 11.3. The Kier molecular flexibility index (Phi) is 28.6. The average Bonchev–Trinajstić information content (AvgIpc) is 1.57. The van der Waals surface area contributed by atoms with E-state index >= 15 is 0 Å². The Bertz CT molecular complexity index is 3220. The van der Waals surface area contributed by atoms with E-state index in [4.69, 9.17) is 14.2 Å². The fraction of sp³-hybridized carbons (Fsp3) is 0.320. The predicted molar refractivity (Wildman–Crippen MR) is 372 cm³/mol. The van der Waals surface area contributed by atoms with Crippen molar-refractivity contribution < 1.29 is 43.4 Å². The highest BCUT2D eigenvalue weighted by atomic mass is 16.6. The van der Waals surface area contributed by atoms with Gasteiger partial charge in [-0.2, -0.15) is 0 Å². The van der Waals surface area contributed by atoms with Crippen molar-refractivity contribution in [2.75, 3.05) is 73.8 Å². The molecule has 18 heteroatoms. The lowest BCUT2D eigenvalue weighted by Gasteiger charge is -2.25.